The van der Waals surface area contributed by atoms with Crippen LogP contribution in [-0.4, -0.2) is 22.5 Å². The van der Waals surface area contributed by atoms with Gasteiger partial charge in [0.1, 0.15) is 11.4 Å². The molecule has 0 aromatic heterocycles. The van der Waals surface area contributed by atoms with Crippen molar-refractivity contribution in [1.82, 2.24) is 5.32 Å². The van der Waals surface area contributed by atoms with Crippen LogP contribution in [0.3, 0.4) is 0 Å². The molecule has 1 amide bonds. The van der Waals surface area contributed by atoms with E-state index < -0.39 is 11.5 Å². The van der Waals surface area contributed by atoms with Crippen LogP contribution >= 0.6 is 0 Å². The van der Waals surface area contributed by atoms with Gasteiger partial charge in [0.2, 0.25) is 5.91 Å². The Labute approximate surface area is 129 Å². The van der Waals surface area contributed by atoms with Crippen molar-refractivity contribution in [2.24, 2.45) is 0 Å². The summed E-state index contributed by atoms with van der Waals surface area (Å²) in [6.45, 7) is 0. The van der Waals surface area contributed by atoms with E-state index in [0.717, 1.165) is 31.2 Å². The molecule has 0 heterocycles. The van der Waals surface area contributed by atoms with Gasteiger partial charge in [-0.3, -0.25) is 4.79 Å². The molecule has 0 saturated heterocycles. The molecular formula is C17H22FNO3. The zero-order valence-electron chi connectivity index (χ0n) is 12.6. The van der Waals surface area contributed by atoms with Crippen molar-refractivity contribution in [3.63, 3.8) is 0 Å². The highest BCUT2D eigenvalue weighted by Gasteiger charge is 2.39. The van der Waals surface area contributed by atoms with Crippen LogP contribution in [0, 0.1) is 5.82 Å². The van der Waals surface area contributed by atoms with Crippen LogP contribution in [0.2, 0.25) is 0 Å². The van der Waals surface area contributed by atoms with Crippen LogP contribution in [0.5, 0.6) is 0 Å². The minimum Gasteiger partial charge on any atom is -0.480 e. The molecule has 2 rings (SSSR count). The van der Waals surface area contributed by atoms with Gasteiger partial charge in [0.05, 0.1) is 0 Å². The van der Waals surface area contributed by atoms with Crippen LogP contribution in [0.1, 0.15) is 50.5 Å². The van der Waals surface area contributed by atoms with Gasteiger partial charge in [-0.1, -0.05) is 37.8 Å². The van der Waals surface area contributed by atoms with E-state index in [1.54, 1.807) is 12.1 Å². The van der Waals surface area contributed by atoms with E-state index in [-0.39, 0.29) is 18.1 Å². The third-order valence-electron chi connectivity index (χ3n) is 4.30. The number of benzene rings is 1. The Morgan fingerprint density at radius 1 is 1.09 bits per heavy atom. The molecule has 1 aliphatic carbocycles. The highest BCUT2D eigenvalue weighted by atomic mass is 19.1. The van der Waals surface area contributed by atoms with E-state index in [1.165, 1.54) is 12.1 Å². The van der Waals surface area contributed by atoms with Crippen molar-refractivity contribution in [3.05, 3.63) is 35.6 Å². The Bertz CT molecular complexity index is 519. The van der Waals surface area contributed by atoms with E-state index in [2.05, 4.69) is 5.32 Å². The number of rotatable bonds is 5. The van der Waals surface area contributed by atoms with E-state index in [4.69, 9.17) is 0 Å². The number of carbonyl (C=O) groups excluding carboxylic acids is 1. The Morgan fingerprint density at radius 3 is 2.23 bits per heavy atom. The summed E-state index contributed by atoms with van der Waals surface area (Å²) < 4.78 is 12.8. The molecule has 0 atom stereocenters. The fourth-order valence-corrected chi connectivity index (χ4v) is 2.96. The maximum atomic E-state index is 12.8. The predicted octanol–water partition coefficient (Wildman–Crippen LogP) is 3.05. The number of nitrogens with one attached hydrogen (secondary N) is 1. The van der Waals surface area contributed by atoms with Gasteiger partial charge in [0.25, 0.3) is 0 Å². The number of halogens is 1. The first-order chi connectivity index (χ1) is 10.5. The first-order valence-electron chi connectivity index (χ1n) is 7.81. The number of hydrogen-bond acceptors (Lipinski definition) is 2. The van der Waals surface area contributed by atoms with E-state index >= 15 is 0 Å². The smallest absolute Gasteiger partial charge is 0.329 e. The summed E-state index contributed by atoms with van der Waals surface area (Å²) in [7, 11) is 0. The zero-order valence-corrected chi connectivity index (χ0v) is 12.6. The monoisotopic (exact) mass is 307 g/mol. The molecule has 0 radical (unpaired) electrons. The van der Waals surface area contributed by atoms with Gasteiger partial charge in [0.15, 0.2) is 0 Å². The molecule has 22 heavy (non-hydrogen) atoms. The molecule has 1 fully saturated rings. The normalized spacial score (nSPS) is 17.5. The Morgan fingerprint density at radius 2 is 1.68 bits per heavy atom. The Balaban J connectivity index is 1.93. The van der Waals surface area contributed by atoms with Gasteiger partial charge >= 0.3 is 5.97 Å². The number of carbonyl (C=O) groups is 2. The zero-order chi connectivity index (χ0) is 16.0. The summed E-state index contributed by atoms with van der Waals surface area (Å²) in [6.07, 6.45) is 5.34. The average Bonchev–Trinajstić information content (AvgIpc) is 2.73. The molecule has 1 aliphatic rings. The second-order valence-corrected chi connectivity index (χ2v) is 5.98. The fraction of sp³-hybridized carbons (Fsp3) is 0.529. The molecule has 0 aliphatic heterocycles. The second-order valence-electron chi connectivity index (χ2n) is 5.98. The second kappa shape index (κ2) is 7.38. The Hall–Kier alpha value is -1.91. The van der Waals surface area contributed by atoms with Gasteiger partial charge in [0, 0.05) is 6.42 Å². The van der Waals surface area contributed by atoms with Crippen LogP contribution in [0.25, 0.3) is 0 Å². The molecule has 1 saturated carbocycles. The van der Waals surface area contributed by atoms with Gasteiger partial charge in [-0.05, 0) is 37.0 Å². The summed E-state index contributed by atoms with van der Waals surface area (Å²) in [5, 5.41) is 12.3. The molecule has 120 valence electrons. The van der Waals surface area contributed by atoms with Gasteiger partial charge in [-0.25, -0.2) is 9.18 Å². The topological polar surface area (TPSA) is 66.4 Å². The highest BCUT2D eigenvalue weighted by molar-refractivity contribution is 5.87. The van der Waals surface area contributed by atoms with Crippen molar-refractivity contribution in [2.45, 2.75) is 56.9 Å². The third-order valence-corrected chi connectivity index (χ3v) is 4.30. The van der Waals surface area contributed by atoms with Crippen molar-refractivity contribution in [1.29, 1.82) is 0 Å². The SMILES string of the molecule is O=C(CCc1ccc(F)cc1)NC1(C(=O)O)CCCCCC1. The molecule has 0 unspecified atom stereocenters. The van der Waals surface area contributed by atoms with Crippen LogP contribution in [-0.2, 0) is 16.0 Å². The number of carboxylic acid groups (broad SMARTS) is 1. The number of aliphatic carboxylic acids is 1. The van der Waals surface area contributed by atoms with E-state index in [1.807, 2.05) is 0 Å². The lowest BCUT2D eigenvalue weighted by atomic mass is 9.90. The summed E-state index contributed by atoms with van der Waals surface area (Å²) >= 11 is 0. The van der Waals surface area contributed by atoms with Gasteiger partial charge in [-0.15, -0.1) is 0 Å². The summed E-state index contributed by atoms with van der Waals surface area (Å²) in [5.74, 6) is -1.50. The number of carboxylic acids is 1. The molecule has 0 spiro atoms. The minimum absolute atomic E-state index is 0.209. The lowest BCUT2D eigenvalue weighted by Gasteiger charge is -2.29. The predicted molar refractivity (Wildman–Crippen MR) is 80.9 cm³/mol. The largest absolute Gasteiger partial charge is 0.480 e. The molecule has 2 N–H and O–H groups in total. The molecule has 1 aromatic rings. The number of amides is 1. The quantitative estimate of drug-likeness (QED) is 0.822. The fourth-order valence-electron chi connectivity index (χ4n) is 2.96. The van der Waals surface area contributed by atoms with E-state index in [0.29, 0.717) is 19.3 Å². The summed E-state index contributed by atoms with van der Waals surface area (Å²) in [6, 6.07) is 6.00. The van der Waals surface area contributed by atoms with Crippen LogP contribution < -0.4 is 5.32 Å². The summed E-state index contributed by atoms with van der Waals surface area (Å²) in [5.41, 5.74) is -0.252. The molecule has 1 aromatic carbocycles. The summed E-state index contributed by atoms with van der Waals surface area (Å²) in [4.78, 5) is 23.7. The lowest BCUT2D eigenvalue weighted by molar-refractivity contribution is -0.148. The van der Waals surface area contributed by atoms with E-state index in [9.17, 15) is 19.1 Å². The van der Waals surface area contributed by atoms with Crippen molar-refractivity contribution in [3.8, 4) is 0 Å². The van der Waals surface area contributed by atoms with Crippen molar-refractivity contribution in [2.75, 3.05) is 0 Å². The van der Waals surface area contributed by atoms with Crippen molar-refractivity contribution < 1.29 is 19.1 Å². The average molecular weight is 307 g/mol. The molecule has 5 heteroatoms. The van der Waals surface area contributed by atoms with Gasteiger partial charge < -0.3 is 10.4 Å². The standard InChI is InChI=1S/C17H22FNO3/c18-14-8-5-13(6-9-14)7-10-15(20)19-17(16(21)22)11-3-1-2-4-12-17/h5-6,8-9H,1-4,7,10-12H2,(H,19,20)(H,21,22). The van der Waals surface area contributed by atoms with Crippen LogP contribution in [0.15, 0.2) is 24.3 Å². The molecular weight excluding hydrogens is 285 g/mol. The third kappa shape index (κ3) is 4.29. The van der Waals surface area contributed by atoms with Gasteiger partial charge in [-0.2, -0.15) is 0 Å². The molecule has 0 bridgehead atoms. The minimum atomic E-state index is -1.11. The first-order valence-corrected chi connectivity index (χ1v) is 7.81. The van der Waals surface area contributed by atoms with Crippen molar-refractivity contribution >= 4 is 11.9 Å². The molecule has 4 nitrogen and oxygen atoms in total. The number of hydrogen-bond donors (Lipinski definition) is 2. The maximum Gasteiger partial charge on any atom is 0.329 e. The van der Waals surface area contributed by atoms with Crippen LogP contribution in [0.4, 0.5) is 4.39 Å². The maximum absolute atomic E-state index is 12.8. The highest BCUT2D eigenvalue weighted by Crippen LogP contribution is 2.27. The first kappa shape index (κ1) is 16.5. The number of aryl methyl sites for hydroxylation is 1. The Kier molecular flexibility index (Phi) is 5.52. The lowest BCUT2D eigenvalue weighted by Crippen LogP contribution is -2.54.